The van der Waals surface area contributed by atoms with Crippen LogP contribution < -0.4 is 10.1 Å². The molecule has 4 heteroatoms. The Morgan fingerprint density at radius 1 is 1.17 bits per heavy atom. The monoisotopic (exact) mass is 231 g/mol. The van der Waals surface area contributed by atoms with Crippen molar-refractivity contribution in [3.63, 3.8) is 0 Å². The van der Waals surface area contributed by atoms with E-state index in [1.165, 1.54) is 0 Å². The van der Waals surface area contributed by atoms with E-state index in [4.69, 9.17) is 6.57 Å². The number of rotatable bonds is 2. The quantitative estimate of drug-likeness (QED) is 0.452. The van der Waals surface area contributed by atoms with Crippen LogP contribution in [0.5, 0.6) is 0 Å². The zero-order valence-electron chi connectivity index (χ0n) is 10.3. The van der Waals surface area contributed by atoms with E-state index in [0.29, 0.717) is 11.3 Å². The van der Waals surface area contributed by atoms with Crippen LogP contribution in [0.2, 0.25) is 0 Å². The summed E-state index contributed by atoms with van der Waals surface area (Å²) in [4.78, 5) is 6.37. The van der Waals surface area contributed by atoms with E-state index in [1.54, 1.807) is 24.4 Å². The molecule has 1 aromatic rings. The Bertz CT molecular complexity index is 536. The van der Waals surface area contributed by atoms with Crippen LogP contribution in [-0.2, 0) is 0 Å². The summed E-state index contributed by atoms with van der Waals surface area (Å²) >= 11 is 0. The molecule has 2 rings (SSSR count). The van der Waals surface area contributed by atoms with Gasteiger partial charge in [0.05, 0.1) is 6.57 Å². The number of nitrogens with zero attached hydrogens (tertiary/aromatic N) is 1. The fourth-order valence-electron chi connectivity index (χ4n) is 1.60. The van der Waals surface area contributed by atoms with Crippen LogP contribution in [0.3, 0.4) is 0 Å². The average molecular weight is 231 g/mol. The summed E-state index contributed by atoms with van der Waals surface area (Å²) < 4.78 is 0. The molecule has 0 spiro atoms. The Balaban J connectivity index is 0.00000162. The van der Waals surface area contributed by atoms with Gasteiger partial charge in [-0.1, -0.05) is 12.2 Å². The molecule has 0 bridgehead atoms. The predicted molar refractivity (Wildman–Crippen MR) is 70.5 cm³/mol. The van der Waals surface area contributed by atoms with E-state index in [-0.39, 0.29) is 24.6 Å². The van der Waals surface area contributed by atoms with Crippen molar-refractivity contribution in [2.45, 2.75) is 12.8 Å². The molecule has 1 aromatic carbocycles. The number of benzene rings is 1. The maximum absolute atomic E-state index is 11.5. The van der Waals surface area contributed by atoms with Gasteiger partial charge in [0.25, 0.3) is 0 Å². The molecule has 0 saturated heterocycles. The van der Waals surface area contributed by atoms with Gasteiger partial charge < -0.3 is 24.0 Å². The van der Waals surface area contributed by atoms with Gasteiger partial charge in [-0.2, -0.15) is 0 Å². The molecule has 1 aliphatic rings. The van der Waals surface area contributed by atoms with Gasteiger partial charge in [0.1, 0.15) is 0 Å². The third-order valence-corrected chi connectivity index (χ3v) is 2.54. The summed E-state index contributed by atoms with van der Waals surface area (Å²) in [5.74, 6) is 0.0709. The first-order chi connectivity index (χ1) is 8.29. The molecule has 18 heavy (non-hydrogen) atoms. The summed E-state index contributed by atoms with van der Waals surface area (Å²) in [5, 5.41) is 11.5. The molecule has 0 unspecified atom stereocenters. The predicted octanol–water partition coefficient (Wildman–Crippen LogP) is 0.604. The Labute approximate surface area is 119 Å². The van der Waals surface area contributed by atoms with Crippen molar-refractivity contribution in [3.05, 3.63) is 59.2 Å². The minimum absolute atomic E-state index is 0. The summed E-state index contributed by atoms with van der Waals surface area (Å²) in [7, 11) is 0. The van der Waals surface area contributed by atoms with E-state index in [2.05, 4.69) is 9.84 Å². The molecule has 86 valence electrons. The first kappa shape index (κ1) is 14.3. The molecule has 0 atom stereocenters. The topological polar surface area (TPSA) is 41.4 Å². The first-order valence-corrected chi connectivity index (χ1v) is 5.44. The minimum Gasteiger partial charge on any atom is -1.00 e. The van der Waals surface area contributed by atoms with Gasteiger partial charge in [0, 0.05) is 5.57 Å². The second-order valence-corrected chi connectivity index (χ2v) is 3.75. The average Bonchev–Trinajstić information content (AvgIpc) is 2.38. The maximum atomic E-state index is 11.5. The molecule has 0 heterocycles. The van der Waals surface area contributed by atoms with E-state index >= 15 is 0 Å². The van der Waals surface area contributed by atoms with Crippen molar-refractivity contribution in [1.82, 2.24) is 0 Å². The van der Waals surface area contributed by atoms with Crippen molar-refractivity contribution < 1.29 is 10.1 Å². The number of hydrogen-bond donors (Lipinski definition) is 1. The smallest absolute Gasteiger partial charge is 0.200 e. The van der Waals surface area contributed by atoms with E-state index < -0.39 is 0 Å². The minimum atomic E-state index is 0. The maximum Gasteiger partial charge on any atom is 0.200 e. The van der Waals surface area contributed by atoms with Crippen molar-refractivity contribution in [1.29, 1.82) is 0 Å². The number of allylic oxidation sites excluding steroid dienone is 3. The first-order valence-electron chi connectivity index (χ1n) is 5.44. The molecule has 0 amide bonds. The fraction of sp³-hybridized carbons (Fsp3) is 0.143. The molecule has 0 saturated carbocycles. The Morgan fingerprint density at radius 2 is 1.83 bits per heavy atom. The van der Waals surface area contributed by atoms with Crippen LogP contribution >= 0.6 is 0 Å². The van der Waals surface area contributed by atoms with E-state index in [9.17, 15) is 5.11 Å². The SMILES string of the molecule is [C-]#[N+]c1ccc([NH+]=CC2=CCCC=C2[O-])cc1.[Li-]. The van der Waals surface area contributed by atoms with Crippen molar-refractivity contribution >= 4 is 36.4 Å². The van der Waals surface area contributed by atoms with Crippen molar-refractivity contribution in [3.8, 4) is 0 Å². The van der Waals surface area contributed by atoms with Crippen LogP contribution in [0.4, 0.5) is 11.4 Å². The van der Waals surface area contributed by atoms with Gasteiger partial charge in [-0.3, -0.25) is 0 Å². The normalized spacial score (nSPS) is 14.4. The largest absolute Gasteiger partial charge is 1.00 e. The standard InChI is InChI=1S/C14H12N2O.Li/c1-15-12-6-8-13(9-7-12)16-10-11-4-2-3-5-14(11)17;/h4-10,17H,2-3H2;/q;-1. The van der Waals surface area contributed by atoms with E-state index in [0.717, 1.165) is 18.5 Å². The zero-order valence-corrected chi connectivity index (χ0v) is 10.3. The van der Waals surface area contributed by atoms with Crippen molar-refractivity contribution in [2.75, 3.05) is 0 Å². The Morgan fingerprint density at radius 3 is 2.44 bits per heavy atom. The van der Waals surface area contributed by atoms with Crippen LogP contribution in [0, 0.1) is 6.57 Å². The Hall–Kier alpha value is -1.74. The molecule has 1 N–H and O–H groups in total. The van der Waals surface area contributed by atoms with Crippen LogP contribution in [0.15, 0.2) is 47.7 Å². The summed E-state index contributed by atoms with van der Waals surface area (Å²) in [6.07, 6.45) is 7.09. The summed E-state index contributed by atoms with van der Waals surface area (Å²) in [6, 6.07) is 7.13. The third kappa shape index (κ3) is 3.63. The molecular formula is C14H12LiN2O-. The fourth-order valence-corrected chi connectivity index (χ4v) is 1.60. The molecule has 0 aromatic heterocycles. The van der Waals surface area contributed by atoms with Crippen LogP contribution in [0.1, 0.15) is 12.8 Å². The van der Waals surface area contributed by atoms with Gasteiger partial charge in [-0.25, -0.2) is 9.84 Å². The van der Waals surface area contributed by atoms with Crippen LogP contribution in [0.25, 0.3) is 4.85 Å². The Kier molecular flexibility index (Phi) is 5.46. The number of nitrogens with one attached hydrogen (secondary N) is 1. The van der Waals surface area contributed by atoms with Gasteiger partial charge in [-0.15, -0.1) is 5.76 Å². The second-order valence-electron chi connectivity index (χ2n) is 3.75. The molecule has 1 aliphatic carbocycles. The number of hydrogen-bond acceptors (Lipinski definition) is 1. The zero-order chi connectivity index (χ0) is 12.1. The molecule has 0 fully saturated rings. The van der Waals surface area contributed by atoms with Crippen LogP contribution in [-0.4, -0.2) is 25.1 Å². The summed E-state index contributed by atoms with van der Waals surface area (Å²) in [5.41, 5.74) is 2.18. The van der Waals surface area contributed by atoms with Gasteiger partial charge in [0.2, 0.25) is 5.69 Å². The molecular weight excluding hydrogens is 219 g/mol. The van der Waals surface area contributed by atoms with Gasteiger partial charge >= 0.3 is 0 Å². The molecule has 2 radical (unpaired) electrons. The van der Waals surface area contributed by atoms with Gasteiger partial charge in [0.15, 0.2) is 11.9 Å². The molecule has 0 aliphatic heterocycles. The molecule has 3 nitrogen and oxygen atoms in total. The van der Waals surface area contributed by atoms with Crippen molar-refractivity contribution in [2.24, 2.45) is 0 Å². The third-order valence-electron chi connectivity index (χ3n) is 2.54. The summed E-state index contributed by atoms with van der Waals surface area (Å²) in [6.45, 7) is 6.84. The second kappa shape index (κ2) is 6.86. The van der Waals surface area contributed by atoms with E-state index in [1.807, 2.05) is 18.2 Å². The van der Waals surface area contributed by atoms with Gasteiger partial charge in [-0.05, 0) is 37.1 Å².